The molecule has 0 radical (unpaired) electrons. The number of ether oxygens (including phenoxy) is 2. The molecule has 0 aliphatic carbocycles. The van der Waals surface area contributed by atoms with E-state index >= 15 is 0 Å². The van der Waals surface area contributed by atoms with Crippen molar-refractivity contribution in [2.75, 3.05) is 7.11 Å². The zero-order valence-corrected chi connectivity index (χ0v) is 12.0. The van der Waals surface area contributed by atoms with E-state index in [0.29, 0.717) is 6.42 Å². The van der Waals surface area contributed by atoms with Gasteiger partial charge in [0.15, 0.2) is 0 Å². The van der Waals surface area contributed by atoms with E-state index in [4.69, 9.17) is 4.74 Å². The third kappa shape index (κ3) is 7.92. The number of methoxy groups -OCH3 is 1. The van der Waals surface area contributed by atoms with Crippen LogP contribution >= 0.6 is 0 Å². The van der Waals surface area contributed by atoms with E-state index in [1.165, 1.54) is 7.11 Å². The number of alkyl carbamates (subject to hydrolysis) is 1. The van der Waals surface area contributed by atoms with Crippen LogP contribution in [0.15, 0.2) is 0 Å². The third-order valence-electron chi connectivity index (χ3n) is 2.27. The molecule has 1 amide bonds. The maximum absolute atomic E-state index is 11.6. The summed E-state index contributed by atoms with van der Waals surface area (Å²) < 4.78 is 9.78. The second-order valence-corrected chi connectivity index (χ2v) is 5.22. The normalized spacial score (nSPS) is 12.7. The lowest BCUT2D eigenvalue weighted by molar-refractivity contribution is -0.143. The van der Waals surface area contributed by atoms with Crippen LogP contribution in [0.5, 0.6) is 0 Å². The lowest BCUT2D eigenvalue weighted by atomic mass is 10.1. The lowest BCUT2D eigenvalue weighted by Gasteiger charge is -2.22. The van der Waals surface area contributed by atoms with Crippen molar-refractivity contribution in [2.45, 2.75) is 65.0 Å². The first-order valence-corrected chi connectivity index (χ1v) is 6.37. The van der Waals surface area contributed by atoms with Crippen molar-refractivity contribution >= 4 is 12.1 Å². The van der Waals surface area contributed by atoms with Crippen LogP contribution < -0.4 is 5.32 Å². The van der Waals surface area contributed by atoms with Crippen LogP contribution in [0.1, 0.15) is 53.4 Å². The Morgan fingerprint density at radius 1 is 1.22 bits per heavy atom. The zero-order valence-electron chi connectivity index (χ0n) is 12.0. The van der Waals surface area contributed by atoms with Crippen molar-refractivity contribution in [2.24, 2.45) is 0 Å². The first-order chi connectivity index (χ1) is 8.30. The molecule has 5 nitrogen and oxygen atoms in total. The van der Waals surface area contributed by atoms with Gasteiger partial charge in [-0.1, -0.05) is 26.2 Å². The monoisotopic (exact) mass is 259 g/mol. The molecule has 0 bridgehead atoms. The summed E-state index contributed by atoms with van der Waals surface area (Å²) in [5.74, 6) is -0.433. The van der Waals surface area contributed by atoms with Crippen LogP contribution in [0.25, 0.3) is 0 Å². The van der Waals surface area contributed by atoms with Gasteiger partial charge in [0.25, 0.3) is 0 Å². The predicted octanol–water partition coefficient (Wildman–Crippen LogP) is 2.63. The molecule has 0 aromatic heterocycles. The fraction of sp³-hybridized carbons (Fsp3) is 0.846. The summed E-state index contributed by atoms with van der Waals surface area (Å²) >= 11 is 0. The Hall–Kier alpha value is -1.26. The summed E-state index contributed by atoms with van der Waals surface area (Å²) in [7, 11) is 1.31. The molecule has 0 fully saturated rings. The summed E-state index contributed by atoms with van der Waals surface area (Å²) in [6, 6.07) is -0.628. The highest BCUT2D eigenvalue weighted by molar-refractivity contribution is 5.81. The highest BCUT2D eigenvalue weighted by atomic mass is 16.6. The van der Waals surface area contributed by atoms with Gasteiger partial charge in [-0.3, -0.25) is 0 Å². The summed E-state index contributed by atoms with van der Waals surface area (Å²) in [5.41, 5.74) is -0.575. The summed E-state index contributed by atoms with van der Waals surface area (Å²) in [5, 5.41) is 2.55. The van der Waals surface area contributed by atoms with Crippen molar-refractivity contribution < 1.29 is 19.1 Å². The Morgan fingerprint density at radius 3 is 2.28 bits per heavy atom. The van der Waals surface area contributed by atoms with Crippen LogP contribution in [0.2, 0.25) is 0 Å². The number of nitrogens with one attached hydrogen (secondary N) is 1. The maximum Gasteiger partial charge on any atom is 0.408 e. The van der Waals surface area contributed by atoms with Crippen molar-refractivity contribution in [1.29, 1.82) is 0 Å². The van der Waals surface area contributed by atoms with Gasteiger partial charge in [0.05, 0.1) is 7.11 Å². The number of carbonyl (C=O) groups excluding carboxylic acids is 2. The molecule has 0 rings (SSSR count). The van der Waals surface area contributed by atoms with Gasteiger partial charge in [0.2, 0.25) is 0 Å². The standard InChI is InChI=1S/C13H25NO4/c1-6-7-8-9-10(11(15)17-5)14-12(16)18-13(2,3)4/h10H,6-9H2,1-5H3,(H,14,16)/t10-/m0/s1. The summed E-state index contributed by atoms with van der Waals surface area (Å²) in [4.78, 5) is 23.1. The minimum Gasteiger partial charge on any atom is -0.467 e. The second-order valence-electron chi connectivity index (χ2n) is 5.22. The molecule has 1 atom stereocenters. The van der Waals surface area contributed by atoms with Gasteiger partial charge in [-0.2, -0.15) is 0 Å². The second kappa shape index (κ2) is 7.95. The summed E-state index contributed by atoms with van der Waals surface area (Å²) in [6.07, 6.45) is 2.92. The molecule has 5 heteroatoms. The van der Waals surface area contributed by atoms with E-state index in [1.807, 2.05) is 0 Å². The molecule has 0 saturated carbocycles. The topological polar surface area (TPSA) is 64.6 Å². The fourth-order valence-corrected chi connectivity index (χ4v) is 1.44. The van der Waals surface area contributed by atoms with E-state index in [1.54, 1.807) is 20.8 Å². The number of carbonyl (C=O) groups is 2. The van der Waals surface area contributed by atoms with E-state index in [0.717, 1.165) is 19.3 Å². The van der Waals surface area contributed by atoms with Crippen molar-refractivity contribution in [3.8, 4) is 0 Å². The van der Waals surface area contributed by atoms with E-state index in [-0.39, 0.29) is 0 Å². The molecule has 1 N–H and O–H groups in total. The number of esters is 1. The Labute approximate surface area is 109 Å². The SMILES string of the molecule is CCCCC[C@H](NC(=O)OC(C)(C)C)C(=O)OC. The molecule has 0 heterocycles. The van der Waals surface area contributed by atoms with Crippen LogP contribution in [-0.4, -0.2) is 30.8 Å². The fourth-order valence-electron chi connectivity index (χ4n) is 1.44. The van der Waals surface area contributed by atoms with E-state index in [2.05, 4.69) is 17.0 Å². The highest BCUT2D eigenvalue weighted by Crippen LogP contribution is 2.09. The molecular formula is C13H25NO4. The molecular weight excluding hydrogens is 234 g/mol. The van der Waals surface area contributed by atoms with Crippen LogP contribution in [0, 0.1) is 0 Å². The van der Waals surface area contributed by atoms with Crippen molar-refractivity contribution in [3.05, 3.63) is 0 Å². The average molecular weight is 259 g/mol. The van der Waals surface area contributed by atoms with E-state index in [9.17, 15) is 9.59 Å². The lowest BCUT2D eigenvalue weighted by Crippen LogP contribution is -2.44. The minimum atomic E-state index is -0.628. The van der Waals surface area contributed by atoms with Gasteiger partial charge in [0.1, 0.15) is 11.6 Å². The highest BCUT2D eigenvalue weighted by Gasteiger charge is 2.24. The Kier molecular flexibility index (Phi) is 7.39. The molecule has 0 saturated heterocycles. The van der Waals surface area contributed by atoms with Crippen LogP contribution in [-0.2, 0) is 14.3 Å². The van der Waals surface area contributed by atoms with Gasteiger partial charge < -0.3 is 14.8 Å². The van der Waals surface area contributed by atoms with Gasteiger partial charge in [0, 0.05) is 0 Å². The summed E-state index contributed by atoms with van der Waals surface area (Å²) in [6.45, 7) is 7.40. The van der Waals surface area contributed by atoms with Crippen molar-refractivity contribution in [1.82, 2.24) is 5.32 Å². The van der Waals surface area contributed by atoms with Gasteiger partial charge in [-0.25, -0.2) is 9.59 Å². The third-order valence-corrected chi connectivity index (χ3v) is 2.27. The van der Waals surface area contributed by atoms with Crippen LogP contribution in [0.3, 0.4) is 0 Å². The zero-order chi connectivity index (χ0) is 14.2. The molecule has 0 aromatic rings. The molecule has 0 spiro atoms. The molecule has 0 aromatic carbocycles. The van der Waals surface area contributed by atoms with E-state index < -0.39 is 23.7 Å². The molecule has 0 unspecified atom stereocenters. The van der Waals surface area contributed by atoms with Gasteiger partial charge in [-0.05, 0) is 27.2 Å². The number of amides is 1. The van der Waals surface area contributed by atoms with Crippen molar-refractivity contribution in [3.63, 3.8) is 0 Å². The molecule has 18 heavy (non-hydrogen) atoms. The molecule has 0 aliphatic rings. The van der Waals surface area contributed by atoms with Crippen LogP contribution in [0.4, 0.5) is 4.79 Å². The van der Waals surface area contributed by atoms with Gasteiger partial charge in [-0.15, -0.1) is 0 Å². The van der Waals surface area contributed by atoms with Gasteiger partial charge >= 0.3 is 12.1 Å². The first-order valence-electron chi connectivity index (χ1n) is 6.37. The number of rotatable bonds is 6. The Morgan fingerprint density at radius 2 is 1.83 bits per heavy atom. The number of hydrogen-bond donors (Lipinski definition) is 1. The number of unbranched alkanes of at least 4 members (excludes halogenated alkanes) is 2. The minimum absolute atomic E-state index is 0.433. The number of hydrogen-bond acceptors (Lipinski definition) is 4. The molecule has 106 valence electrons. The average Bonchev–Trinajstić information content (AvgIpc) is 2.24. The maximum atomic E-state index is 11.6. The smallest absolute Gasteiger partial charge is 0.408 e. The Balaban J connectivity index is 4.31. The largest absolute Gasteiger partial charge is 0.467 e. The first kappa shape index (κ1) is 16.7. The predicted molar refractivity (Wildman–Crippen MR) is 69.3 cm³/mol. The molecule has 0 aliphatic heterocycles. The Bertz CT molecular complexity index is 271. The quantitative estimate of drug-likeness (QED) is 0.588.